The van der Waals surface area contributed by atoms with Gasteiger partial charge >= 0.3 is 19.8 Å². The predicted octanol–water partition coefficient (Wildman–Crippen LogP) is 7.44. The van der Waals surface area contributed by atoms with E-state index in [-0.39, 0.29) is 19.8 Å². The molecule has 0 spiro atoms. The topological polar surface area (TPSA) is 100 Å². The molecule has 5 aromatic heterocycles. The summed E-state index contributed by atoms with van der Waals surface area (Å²) in [7, 11) is 0. The number of pyridine rings is 3. The molecule has 45 heavy (non-hydrogen) atoms. The minimum absolute atomic E-state index is 0. The fourth-order valence-corrected chi connectivity index (χ4v) is 4.47. The molecule has 0 amide bonds. The molecular formula is C36H41N8Os. The number of nitrogens with zero attached hydrogens (tertiary/aromatic N) is 7. The van der Waals surface area contributed by atoms with Gasteiger partial charge in [-0.15, -0.1) is 29.8 Å². The van der Waals surface area contributed by atoms with E-state index in [1.54, 1.807) is 6.20 Å². The van der Waals surface area contributed by atoms with Gasteiger partial charge in [-0.3, -0.25) is 0 Å². The monoisotopic (exact) mass is 777 g/mol. The summed E-state index contributed by atoms with van der Waals surface area (Å²) in [5.74, 6) is 1.78. The maximum absolute atomic E-state index is 5.69. The summed E-state index contributed by atoms with van der Waals surface area (Å²) >= 11 is 0. The van der Waals surface area contributed by atoms with Gasteiger partial charge in [0.05, 0.1) is 11.4 Å². The molecule has 0 saturated heterocycles. The number of nitrogen functional groups attached to an aromatic ring is 1. The molecule has 1 radical (unpaired) electrons. The largest absolute Gasteiger partial charge is 1.00 e. The summed E-state index contributed by atoms with van der Waals surface area (Å²) in [5, 5.41) is 8.95. The fourth-order valence-electron chi connectivity index (χ4n) is 4.47. The van der Waals surface area contributed by atoms with Crippen LogP contribution in [0.2, 0.25) is 0 Å². The van der Waals surface area contributed by atoms with Crippen molar-refractivity contribution in [1.29, 1.82) is 0 Å². The quantitative estimate of drug-likeness (QED) is 0.148. The molecule has 9 heteroatoms. The van der Waals surface area contributed by atoms with Crippen molar-refractivity contribution in [1.82, 2.24) is 34.5 Å². The van der Waals surface area contributed by atoms with Crippen LogP contribution in [-0.4, -0.2) is 34.5 Å². The first-order valence-corrected chi connectivity index (χ1v) is 14.6. The Hall–Kier alpha value is -4.47. The number of aromatic nitrogens is 7. The maximum Gasteiger partial charge on any atom is 1.00 e. The molecule has 1 aromatic carbocycles. The molecule has 2 N–H and O–H groups in total. The van der Waals surface area contributed by atoms with Crippen LogP contribution in [0, 0.1) is 68.4 Å². The third kappa shape index (κ3) is 8.80. The zero-order valence-corrected chi connectivity index (χ0v) is 30.0. The molecule has 0 aliphatic rings. The second-order valence-electron chi connectivity index (χ2n) is 11.1. The van der Waals surface area contributed by atoms with Gasteiger partial charge in [0.2, 0.25) is 0 Å². The van der Waals surface area contributed by atoms with Crippen molar-refractivity contribution >= 4 is 5.69 Å². The zero-order chi connectivity index (χ0) is 32.0. The predicted molar refractivity (Wildman–Crippen MR) is 178 cm³/mol. The number of anilines is 1. The van der Waals surface area contributed by atoms with E-state index in [1.807, 2.05) is 97.1 Å². The van der Waals surface area contributed by atoms with Crippen molar-refractivity contribution < 1.29 is 19.8 Å². The summed E-state index contributed by atoms with van der Waals surface area (Å²) in [6, 6.07) is 20.7. The van der Waals surface area contributed by atoms with E-state index in [9.17, 15) is 0 Å². The molecule has 5 heterocycles. The third-order valence-corrected chi connectivity index (χ3v) is 7.56. The fraction of sp³-hybridized carbons (Fsp3) is 0.250. The minimum atomic E-state index is 0. The van der Waals surface area contributed by atoms with Gasteiger partial charge in [0.1, 0.15) is 0 Å². The summed E-state index contributed by atoms with van der Waals surface area (Å²) in [4.78, 5) is 12.9. The number of benzene rings is 1. The number of rotatable bonds is 3. The first kappa shape index (κ1) is 35.0. The first-order chi connectivity index (χ1) is 20.9. The molecule has 6 rings (SSSR count). The average Bonchev–Trinajstić information content (AvgIpc) is 3.42. The van der Waals surface area contributed by atoms with Crippen LogP contribution in [0.5, 0.6) is 0 Å². The minimum Gasteiger partial charge on any atom is -0.414 e. The van der Waals surface area contributed by atoms with Gasteiger partial charge in [-0.25, -0.2) is 19.3 Å². The second-order valence-corrected chi connectivity index (χ2v) is 11.1. The van der Waals surface area contributed by atoms with Crippen molar-refractivity contribution in [3.63, 3.8) is 0 Å². The van der Waals surface area contributed by atoms with Gasteiger partial charge in [0, 0.05) is 30.0 Å². The smallest absolute Gasteiger partial charge is 0.414 e. The summed E-state index contributed by atoms with van der Waals surface area (Å²) in [5.41, 5.74) is 18.8. The SMILES string of the molecule is Cc1ccnc(-c2[c-]ccc(N)c2)c1.Cc1ccnc(-n2nc(C)c(C)c2C)c1.Cc1ccnc(-n2nc(C)c(C)c2C)c1.[Os+]. The van der Waals surface area contributed by atoms with Crippen LogP contribution in [0.3, 0.4) is 0 Å². The first-order valence-electron chi connectivity index (χ1n) is 14.6. The van der Waals surface area contributed by atoms with Gasteiger partial charge < -0.3 is 10.7 Å². The van der Waals surface area contributed by atoms with E-state index in [1.165, 1.54) is 27.8 Å². The summed E-state index contributed by atoms with van der Waals surface area (Å²) in [6.45, 7) is 18.5. The molecule has 0 aliphatic heterocycles. The van der Waals surface area contributed by atoms with Gasteiger partial charge in [0.25, 0.3) is 0 Å². The van der Waals surface area contributed by atoms with E-state index in [4.69, 9.17) is 5.73 Å². The number of nitrogens with two attached hydrogens (primary N) is 1. The molecule has 0 atom stereocenters. The Morgan fingerprint density at radius 1 is 0.578 bits per heavy atom. The van der Waals surface area contributed by atoms with Crippen LogP contribution in [0.4, 0.5) is 5.69 Å². The number of aryl methyl sites for hydroxylation is 5. The third-order valence-electron chi connectivity index (χ3n) is 7.56. The summed E-state index contributed by atoms with van der Waals surface area (Å²) in [6.07, 6.45) is 5.43. The molecule has 0 fully saturated rings. The zero-order valence-electron chi connectivity index (χ0n) is 27.5. The van der Waals surface area contributed by atoms with E-state index in [0.717, 1.165) is 51.4 Å². The molecule has 0 unspecified atom stereocenters. The van der Waals surface area contributed by atoms with Crippen LogP contribution >= 0.6 is 0 Å². The molecule has 0 saturated carbocycles. The number of hydrogen-bond acceptors (Lipinski definition) is 6. The molecule has 8 nitrogen and oxygen atoms in total. The van der Waals surface area contributed by atoms with Crippen molar-refractivity contribution in [3.05, 3.63) is 130 Å². The van der Waals surface area contributed by atoms with Crippen molar-refractivity contribution in [2.45, 2.75) is 62.3 Å². The average molecular weight is 776 g/mol. The molecule has 6 aromatic rings. The second kappa shape index (κ2) is 15.5. The van der Waals surface area contributed by atoms with Crippen LogP contribution in [0.1, 0.15) is 50.6 Å². The Morgan fingerprint density at radius 3 is 1.40 bits per heavy atom. The maximum atomic E-state index is 5.69. The van der Waals surface area contributed by atoms with E-state index in [0.29, 0.717) is 0 Å². The van der Waals surface area contributed by atoms with Crippen molar-refractivity contribution in [2.24, 2.45) is 0 Å². The van der Waals surface area contributed by atoms with E-state index >= 15 is 0 Å². The summed E-state index contributed by atoms with van der Waals surface area (Å²) < 4.78 is 3.80. The number of hydrogen-bond donors (Lipinski definition) is 1. The Kier molecular flexibility index (Phi) is 12.1. The van der Waals surface area contributed by atoms with Crippen LogP contribution in [0.15, 0.2) is 73.2 Å². The molecule has 0 bridgehead atoms. The normalized spacial score (nSPS) is 10.2. The Bertz CT molecular complexity index is 1750. The Balaban J connectivity index is 0.000000182. The van der Waals surface area contributed by atoms with Gasteiger partial charge in [-0.2, -0.15) is 10.2 Å². The Labute approximate surface area is 279 Å². The van der Waals surface area contributed by atoms with E-state index in [2.05, 4.69) is 72.8 Å². The standard InChI is InChI=1S/2C12H15N3.C12H11N2.Os/c2*1-8-5-6-13-12(7-8)15-11(4)9(2)10(3)14-15;1-9-5-6-14-12(7-9)10-3-2-4-11(13)8-10;/h2*5-7H,1-4H3;2,4-8H,13H2,1H3;/q;;-1;+1. The van der Waals surface area contributed by atoms with Crippen LogP contribution in [0.25, 0.3) is 22.9 Å². The van der Waals surface area contributed by atoms with Crippen molar-refractivity contribution in [3.8, 4) is 22.9 Å². The van der Waals surface area contributed by atoms with Crippen molar-refractivity contribution in [2.75, 3.05) is 5.73 Å². The van der Waals surface area contributed by atoms with Gasteiger partial charge in [-0.1, -0.05) is 17.3 Å². The van der Waals surface area contributed by atoms with Crippen LogP contribution in [-0.2, 0) is 19.8 Å². The molecule has 0 aliphatic carbocycles. The molecule has 233 valence electrons. The molecular weight excluding hydrogens is 735 g/mol. The van der Waals surface area contributed by atoms with Gasteiger partial charge in [0.15, 0.2) is 11.6 Å². The van der Waals surface area contributed by atoms with Gasteiger partial charge in [-0.05, 0) is 121 Å². The van der Waals surface area contributed by atoms with E-state index < -0.39 is 0 Å². The Morgan fingerprint density at radius 2 is 1.02 bits per heavy atom. The van der Waals surface area contributed by atoms with Crippen LogP contribution < -0.4 is 5.73 Å².